The molecule has 4 heteroatoms. The van der Waals surface area contributed by atoms with Gasteiger partial charge in [-0.15, -0.1) is 0 Å². The standard InChI is InChI=1S/C15H15F2NO/c1-2-15(16,17)13-8-6-12(7-9-13)11-18-10-4-3-5-14(18)19/h3-10H,2,11H2,1H3. The molecule has 0 bridgehead atoms. The van der Waals surface area contributed by atoms with Gasteiger partial charge in [0, 0.05) is 24.2 Å². The molecule has 0 N–H and O–H groups in total. The highest BCUT2D eigenvalue weighted by Gasteiger charge is 2.28. The highest BCUT2D eigenvalue weighted by atomic mass is 19.3. The lowest BCUT2D eigenvalue weighted by Crippen LogP contribution is -2.18. The second-order valence-corrected chi connectivity index (χ2v) is 4.42. The number of benzene rings is 1. The monoisotopic (exact) mass is 263 g/mol. The first-order valence-electron chi connectivity index (χ1n) is 6.15. The minimum atomic E-state index is -2.79. The number of nitrogens with zero attached hydrogens (tertiary/aromatic N) is 1. The van der Waals surface area contributed by atoms with Crippen molar-refractivity contribution in [1.29, 1.82) is 0 Å². The first kappa shape index (κ1) is 13.5. The van der Waals surface area contributed by atoms with Gasteiger partial charge >= 0.3 is 0 Å². The van der Waals surface area contributed by atoms with Crippen molar-refractivity contribution in [2.24, 2.45) is 0 Å². The molecule has 0 unspecified atom stereocenters. The fraction of sp³-hybridized carbons (Fsp3) is 0.267. The molecular formula is C15H15F2NO. The summed E-state index contributed by atoms with van der Waals surface area (Å²) in [6.45, 7) is 1.84. The summed E-state index contributed by atoms with van der Waals surface area (Å²) in [5, 5.41) is 0. The normalized spacial score (nSPS) is 11.5. The van der Waals surface area contributed by atoms with E-state index in [1.165, 1.54) is 29.7 Å². The van der Waals surface area contributed by atoms with Crippen LogP contribution in [0.15, 0.2) is 53.5 Å². The molecule has 2 nitrogen and oxygen atoms in total. The number of pyridine rings is 1. The topological polar surface area (TPSA) is 22.0 Å². The molecule has 0 aliphatic heterocycles. The van der Waals surface area contributed by atoms with Gasteiger partial charge in [0.15, 0.2) is 0 Å². The van der Waals surface area contributed by atoms with E-state index in [0.29, 0.717) is 6.54 Å². The molecular weight excluding hydrogens is 248 g/mol. The molecule has 0 saturated heterocycles. The van der Waals surface area contributed by atoms with E-state index in [-0.39, 0.29) is 17.5 Å². The Bertz CT molecular complexity index is 602. The number of alkyl halides is 2. The van der Waals surface area contributed by atoms with Gasteiger partial charge in [-0.3, -0.25) is 4.79 Å². The van der Waals surface area contributed by atoms with Crippen molar-refractivity contribution in [3.8, 4) is 0 Å². The SMILES string of the molecule is CCC(F)(F)c1ccc(Cn2ccccc2=O)cc1. The van der Waals surface area contributed by atoms with E-state index < -0.39 is 5.92 Å². The molecule has 0 amide bonds. The summed E-state index contributed by atoms with van der Waals surface area (Å²) in [7, 11) is 0. The molecule has 0 spiro atoms. The van der Waals surface area contributed by atoms with Crippen molar-refractivity contribution < 1.29 is 8.78 Å². The number of halogens is 2. The zero-order valence-electron chi connectivity index (χ0n) is 10.6. The van der Waals surface area contributed by atoms with Gasteiger partial charge in [-0.05, 0) is 11.6 Å². The molecule has 19 heavy (non-hydrogen) atoms. The maximum Gasteiger partial charge on any atom is 0.273 e. The Morgan fingerprint density at radius 3 is 2.37 bits per heavy atom. The molecule has 2 aromatic rings. The van der Waals surface area contributed by atoms with E-state index >= 15 is 0 Å². The van der Waals surface area contributed by atoms with Crippen LogP contribution in [0, 0.1) is 0 Å². The van der Waals surface area contributed by atoms with Crippen LogP contribution in [0.5, 0.6) is 0 Å². The minimum Gasteiger partial charge on any atom is -0.311 e. The van der Waals surface area contributed by atoms with E-state index in [1.54, 1.807) is 30.5 Å². The molecule has 1 heterocycles. The van der Waals surface area contributed by atoms with Crippen LogP contribution in [-0.2, 0) is 12.5 Å². The molecule has 0 fully saturated rings. The maximum absolute atomic E-state index is 13.5. The minimum absolute atomic E-state index is 0.0131. The third kappa shape index (κ3) is 3.08. The molecule has 0 aliphatic rings. The van der Waals surface area contributed by atoms with Crippen LogP contribution < -0.4 is 5.56 Å². The van der Waals surface area contributed by atoms with E-state index in [0.717, 1.165) is 5.56 Å². The summed E-state index contributed by atoms with van der Waals surface area (Å²) < 4.78 is 28.4. The van der Waals surface area contributed by atoms with E-state index in [1.807, 2.05) is 0 Å². The van der Waals surface area contributed by atoms with Crippen molar-refractivity contribution in [1.82, 2.24) is 4.57 Å². The highest BCUT2D eigenvalue weighted by molar-refractivity contribution is 5.26. The van der Waals surface area contributed by atoms with Gasteiger partial charge < -0.3 is 4.57 Å². The molecule has 0 radical (unpaired) electrons. The number of rotatable bonds is 4. The van der Waals surface area contributed by atoms with Gasteiger partial charge in [0.05, 0.1) is 6.54 Å². The van der Waals surface area contributed by atoms with Crippen molar-refractivity contribution in [3.05, 3.63) is 70.1 Å². The smallest absolute Gasteiger partial charge is 0.273 e. The molecule has 1 aromatic carbocycles. The van der Waals surface area contributed by atoms with Crippen LogP contribution in [0.3, 0.4) is 0 Å². The zero-order chi connectivity index (χ0) is 13.9. The van der Waals surface area contributed by atoms with Gasteiger partial charge in [-0.25, -0.2) is 8.78 Å². The molecule has 2 rings (SSSR count). The van der Waals surface area contributed by atoms with Crippen molar-refractivity contribution >= 4 is 0 Å². The van der Waals surface area contributed by atoms with Crippen LogP contribution in [-0.4, -0.2) is 4.57 Å². The number of hydrogen-bond donors (Lipinski definition) is 0. The lowest BCUT2D eigenvalue weighted by atomic mass is 10.0. The van der Waals surface area contributed by atoms with Gasteiger partial charge in [0.25, 0.3) is 11.5 Å². The third-order valence-electron chi connectivity index (χ3n) is 3.07. The van der Waals surface area contributed by atoms with Crippen molar-refractivity contribution in [3.63, 3.8) is 0 Å². The fourth-order valence-corrected chi connectivity index (χ4v) is 1.85. The summed E-state index contributed by atoms with van der Waals surface area (Å²) in [5.74, 6) is -2.79. The second-order valence-electron chi connectivity index (χ2n) is 4.42. The van der Waals surface area contributed by atoms with Gasteiger partial charge in [0.1, 0.15) is 0 Å². The molecule has 0 aliphatic carbocycles. The van der Waals surface area contributed by atoms with Crippen molar-refractivity contribution in [2.75, 3.05) is 0 Å². The Balaban J connectivity index is 2.20. The quantitative estimate of drug-likeness (QED) is 0.828. The molecule has 0 saturated carbocycles. The van der Waals surface area contributed by atoms with Crippen LogP contribution in [0.4, 0.5) is 8.78 Å². The van der Waals surface area contributed by atoms with E-state index in [9.17, 15) is 13.6 Å². The van der Waals surface area contributed by atoms with Crippen LogP contribution in [0.1, 0.15) is 24.5 Å². The summed E-state index contributed by atoms with van der Waals surface area (Å²) >= 11 is 0. The second kappa shape index (κ2) is 5.34. The first-order valence-corrected chi connectivity index (χ1v) is 6.15. The summed E-state index contributed by atoms with van der Waals surface area (Å²) in [5.41, 5.74) is 0.730. The summed E-state index contributed by atoms with van der Waals surface area (Å²) in [6.07, 6.45) is 1.46. The fourth-order valence-electron chi connectivity index (χ4n) is 1.85. The molecule has 0 atom stereocenters. The average Bonchev–Trinajstić information content (AvgIpc) is 2.42. The Hall–Kier alpha value is -1.97. The van der Waals surface area contributed by atoms with E-state index in [2.05, 4.69) is 0 Å². The lowest BCUT2D eigenvalue weighted by Gasteiger charge is -2.14. The molecule has 1 aromatic heterocycles. The summed E-state index contributed by atoms with van der Waals surface area (Å²) in [6, 6.07) is 11.0. The Morgan fingerprint density at radius 2 is 1.79 bits per heavy atom. The largest absolute Gasteiger partial charge is 0.311 e. The predicted octanol–water partition coefficient (Wildman–Crippen LogP) is 3.40. The third-order valence-corrected chi connectivity index (χ3v) is 3.07. The van der Waals surface area contributed by atoms with Gasteiger partial charge in [-0.1, -0.05) is 37.3 Å². The average molecular weight is 263 g/mol. The van der Waals surface area contributed by atoms with Gasteiger partial charge in [0.2, 0.25) is 0 Å². The lowest BCUT2D eigenvalue weighted by molar-refractivity contribution is -0.00829. The zero-order valence-corrected chi connectivity index (χ0v) is 10.6. The number of hydrogen-bond acceptors (Lipinski definition) is 1. The maximum atomic E-state index is 13.5. The van der Waals surface area contributed by atoms with Crippen molar-refractivity contribution in [2.45, 2.75) is 25.8 Å². The predicted molar refractivity (Wildman–Crippen MR) is 70.4 cm³/mol. The Kier molecular flexibility index (Phi) is 3.79. The van der Waals surface area contributed by atoms with Crippen LogP contribution in [0.2, 0.25) is 0 Å². The number of aromatic nitrogens is 1. The highest BCUT2D eigenvalue weighted by Crippen LogP contribution is 2.31. The summed E-state index contributed by atoms with van der Waals surface area (Å²) in [4.78, 5) is 11.5. The molecule has 100 valence electrons. The Morgan fingerprint density at radius 1 is 1.11 bits per heavy atom. The van der Waals surface area contributed by atoms with Crippen LogP contribution in [0.25, 0.3) is 0 Å². The Labute approximate surface area is 110 Å². The van der Waals surface area contributed by atoms with Crippen LogP contribution >= 0.6 is 0 Å². The van der Waals surface area contributed by atoms with E-state index in [4.69, 9.17) is 0 Å². The first-order chi connectivity index (χ1) is 9.03. The van der Waals surface area contributed by atoms with Gasteiger partial charge in [-0.2, -0.15) is 0 Å².